The van der Waals surface area contributed by atoms with Gasteiger partial charge in [0.05, 0.1) is 4.92 Å². The van der Waals surface area contributed by atoms with Crippen LogP contribution < -0.4 is 15.1 Å². The van der Waals surface area contributed by atoms with Crippen LogP contribution in [-0.2, 0) is 10.8 Å². The van der Waals surface area contributed by atoms with Crippen molar-refractivity contribution in [3.05, 3.63) is 15.8 Å². The molecule has 9 nitrogen and oxygen atoms in total. The first-order valence-corrected chi connectivity index (χ1v) is 9.13. The summed E-state index contributed by atoms with van der Waals surface area (Å²) in [4.78, 5) is 23.8. The molecule has 0 atom stereocenters. The number of aryl methyl sites for hydroxylation is 1. The highest BCUT2D eigenvalue weighted by molar-refractivity contribution is 7.85. The number of piperazine rings is 1. The molecule has 2 aliphatic heterocycles. The monoisotopic (exact) mass is 340 g/mol. The van der Waals surface area contributed by atoms with Gasteiger partial charge < -0.3 is 15.1 Å². The predicted octanol–water partition coefficient (Wildman–Crippen LogP) is -0.328. The van der Waals surface area contributed by atoms with Crippen molar-refractivity contribution in [1.82, 2.24) is 15.3 Å². The fraction of sp³-hybridized carbons (Fsp3) is 0.692. The molecule has 23 heavy (non-hydrogen) atoms. The van der Waals surface area contributed by atoms with Crippen LogP contribution in [0.1, 0.15) is 5.69 Å². The molecule has 3 rings (SSSR count). The Hall–Kier alpha value is -1.81. The minimum atomic E-state index is -0.786. The normalized spacial score (nSPS) is 19.9. The van der Waals surface area contributed by atoms with Crippen LogP contribution in [0, 0.1) is 17.0 Å². The largest absolute Gasteiger partial charge is 0.348 e. The summed E-state index contributed by atoms with van der Waals surface area (Å²) in [6.07, 6.45) is 0. The molecule has 10 heteroatoms. The Morgan fingerprint density at radius 1 is 1.13 bits per heavy atom. The number of anilines is 2. The number of nitro groups is 1. The van der Waals surface area contributed by atoms with E-state index in [1.165, 1.54) is 0 Å². The second-order valence-corrected chi connectivity index (χ2v) is 7.31. The van der Waals surface area contributed by atoms with Crippen molar-refractivity contribution in [2.24, 2.45) is 0 Å². The maximum atomic E-state index is 11.5. The highest BCUT2D eigenvalue weighted by Gasteiger charge is 2.29. The minimum Gasteiger partial charge on any atom is -0.348 e. The van der Waals surface area contributed by atoms with E-state index in [0.29, 0.717) is 55.1 Å². The van der Waals surface area contributed by atoms with Gasteiger partial charge in [-0.3, -0.25) is 14.3 Å². The van der Waals surface area contributed by atoms with Crippen molar-refractivity contribution >= 4 is 28.3 Å². The SMILES string of the molecule is Cc1nc(N2CCS(=O)CC2)nc(N2CCNCC2)c1[N+](=O)[O-]. The van der Waals surface area contributed by atoms with E-state index >= 15 is 0 Å². The summed E-state index contributed by atoms with van der Waals surface area (Å²) in [5, 5.41) is 14.7. The van der Waals surface area contributed by atoms with Crippen molar-refractivity contribution in [2.45, 2.75) is 6.92 Å². The van der Waals surface area contributed by atoms with Gasteiger partial charge in [0.25, 0.3) is 0 Å². The molecule has 0 saturated carbocycles. The van der Waals surface area contributed by atoms with Gasteiger partial charge >= 0.3 is 5.69 Å². The number of nitrogens with zero attached hydrogens (tertiary/aromatic N) is 5. The quantitative estimate of drug-likeness (QED) is 0.589. The molecule has 1 aromatic heterocycles. The van der Waals surface area contributed by atoms with Crippen LogP contribution in [-0.4, -0.2) is 69.9 Å². The lowest BCUT2D eigenvalue weighted by molar-refractivity contribution is -0.385. The molecule has 2 saturated heterocycles. The summed E-state index contributed by atoms with van der Waals surface area (Å²) < 4.78 is 11.5. The zero-order valence-electron chi connectivity index (χ0n) is 13.0. The maximum absolute atomic E-state index is 11.5. The highest BCUT2D eigenvalue weighted by Crippen LogP contribution is 2.31. The second-order valence-electron chi connectivity index (χ2n) is 5.61. The van der Waals surface area contributed by atoms with Crippen molar-refractivity contribution in [3.63, 3.8) is 0 Å². The Morgan fingerprint density at radius 2 is 1.78 bits per heavy atom. The molecule has 0 aliphatic carbocycles. The number of nitrogens with one attached hydrogen (secondary N) is 1. The van der Waals surface area contributed by atoms with Crippen molar-refractivity contribution in [2.75, 3.05) is 60.6 Å². The van der Waals surface area contributed by atoms with Gasteiger partial charge in [0, 0.05) is 61.6 Å². The van der Waals surface area contributed by atoms with E-state index in [0.717, 1.165) is 13.1 Å². The van der Waals surface area contributed by atoms with Gasteiger partial charge in [0.15, 0.2) is 0 Å². The van der Waals surface area contributed by atoms with Crippen LogP contribution in [0.3, 0.4) is 0 Å². The minimum absolute atomic E-state index is 0.0174. The molecule has 2 aliphatic rings. The third kappa shape index (κ3) is 3.42. The standard InChI is InChI=1S/C13H20N6O3S/c1-10-11(19(20)21)12(17-4-2-14-3-5-17)16-13(15-10)18-6-8-23(22)9-7-18/h14H,2-9H2,1H3. The van der Waals surface area contributed by atoms with Crippen LogP contribution in [0.15, 0.2) is 0 Å². The predicted molar refractivity (Wildman–Crippen MR) is 88.6 cm³/mol. The second kappa shape index (κ2) is 6.75. The smallest absolute Gasteiger partial charge is 0.332 e. The van der Waals surface area contributed by atoms with Gasteiger partial charge in [-0.25, -0.2) is 4.98 Å². The average Bonchev–Trinajstić information content (AvgIpc) is 2.55. The maximum Gasteiger partial charge on any atom is 0.332 e. The van der Waals surface area contributed by atoms with Crippen LogP contribution in [0.25, 0.3) is 0 Å². The van der Waals surface area contributed by atoms with Gasteiger partial charge in [-0.1, -0.05) is 0 Å². The van der Waals surface area contributed by atoms with Crippen LogP contribution >= 0.6 is 0 Å². The number of hydrogen-bond donors (Lipinski definition) is 1. The van der Waals surface area contributed by atoms with Crippen molar-refractivity contribution < 1.29 is 9.13 Å². The average molecular weight is 340 g/mol. The Balaban J connectivity index is 1.97. The van der Waals surface area contributed by atoms with Crippen LogP contribution in [0.4, 0.5) is 17.5 Å². The molecule has 0 aromatic carbocycles. The lowest BCUT2D eigenvalue weighted by atomic mass is 10.3. The first kappa shape index (κ1) is 16.1. The van der Waals surface area contributed by atoms with Crippen LogP contribution in [0.5, 0.6) is 0 Å². The Labute approximate surface area is 136 Å². The third-order valence-electron chi connectivity index (χ3n) is 4.09. The Kier molecular flexibility index (Phi) is 4.71. The first-order chi connectivity index (χ1) is 11.1. The Bertz CT molecular complexity index is 624. The van der Waals surface area contributed by atoms with Crippen LogP contribution in [0.2, 0.25) is 0 Å². The van der Waals surface area contributed by atoms with E-state index in [1.54, 1.807) is 6.92 Å². The zero-order valence-corrected chi connectivity index (χ0v) is 13.8. The van der Waals surface area contributed by atoms with Gasteiger partial charge in [0.1, 0.15) is 5.69 Å². The highest BCUT2D eigenvalue weighted by atomic mass is 32.2. The van der Waals surface area contributed by atoms with Gasteiger partial charge in [-0.2, -0.15) is 4.98 Å². The number of aromatic nitrogens is 2. The molecular weight excluding hydrogens is 320 g/mol. The molecule has 0 unspecified atom stereocenters. The summed E-state index contributed by atoms with van der Waals surface area (Å²) in [5.74, 6) is 2.06. The molecule has 0 amide bonds. The molecule has 1 N–H and O–H groups in total. The molecule has 126 valence electrons. The van der Waals surface area contributed by atoms with E-state index in [-0.39, 0.29) is 5.69 Å². The van der Waals surface area contributed by atoms with Crippen molar-refractivity contribution in [1.29, 1.82) is 0 Å². The fourth-order valence-corrected chi connectivity index (χ4v) is 3.88. The lowest BCUT2D eigenvalue weighted by Gasteiger charge is -2.30. The topological polar surface area (TPSA) is 104 Å². The summed E-state index contributed by atoms with van der Waals surface area (Å²) in [6, 6.07) is 0. The van der Waals surface area contributed by atoms with Gasteiger partial charge in [-0.15, -0.1) is 0 Å². The van der Waals surface area contributed by atoms with E-state index in [9.17, 15) is 14.3 Å². The lowest BCUT2D eigenvalue weighted by Crippen LogP contribution is -2.44. The first-order valence-electron chi connectivity index (χ1n) is 7.65. The van der Waals surface area contributed by atoms with E-state index in [2.05, 4.69) is 15.3 Å². The summed E-state index contributed by atoms with van der Waals surface area (Å²) in [5.41, 5.74) is 0.358. The number of rotatable bonds is 3. The molecule has 2 fully saturated rings. The fourth-order valence-electron chi connectivity index (χ4n) is 2.83. The van der Waals surface area contributed by atoms with Gasteiger partial charge in [-0.05, 0) is 6.92 Å². The zero-order chi connectivity index (χ0) is 16.4. The van der Waals surface area contributed by atoms with Gasteiger partial charge in [0.2, 0.25) is 11.8 Å². The molecule has 3 heterocycles. The van der Waals surface area contributed by atoms with E-state index in [4.69, 9.17) is 0 Å². The molecule has 0 radical (unpaired) electrons. The van der Waals surface area contributed by atoms with E-state index in [1.807, 2.05) is 9.80 Å². The molecule has 0 bridgehead atoms. The summed E-state index contributed by atoms with van der Waals surface area (Å²) >= 11 is 0. The van der Waals surface area contributed by atoms with Crippen molar-refractivity contribution in [3.8, 4) is 0 Å². The summed E-state index contributed by atoms with van der Waals surface area (Å²) in [7, 11) is -0.786. The number of hydrogen-bond acceptors (Lipinski definition) is 8. The van der Waals surface area contributed by atoms with E-state index < -0.39 is 15.7 Å². The Morgan fingerprint density at radius 3 is 2.39 bits per heavy atom. The molecular formula is C13H20N6O3S. The molecule has 1 aromatic rings. The molecule has 0 spiro atoms. The third-order valence-corrected chi connectivity index (χ3v) is 5.36. The summed E-state index contributed by atoms with van der Waals surface area (Å²) in [6.45, 7) is 5.80.